The third kappa shape index (κ3) is 2.12. The fraction of sp³-hybridized carbons (Fsp3) is 1.00. The van der Waals surface area contributed by atoms with Gasteiger partial charge in [0.2, 0.25) is 0 Å². The topological polar surface area (TPSA) is 29.3 Å². The molecule has 0 spiro atoms. The van der Waals surface area contributed by atoms with Gasteiger partial charge in [-0.05, 0) is 44.9 Å². The van der Waals surface area contributed by atoms with Crippen LogP contribution in [0.25, 0.3) is 0 Å². The lowest BCUT2D eigenvalue weighted by molar-refractivity contribution is 0.221. The van der Waals surface area contributed by atoms with E-state index in [1.165, 1.54) is 32.4 Å². The minimum Gasteiger partial charge on any atom is -0.328 e. The van der Waals surface area contributed by atoms with Crippen LogP contribution in [0.2, 0.25) is 0 Å². The molecule has 0 bridgehead atoms. The van der Waals surface area contributed by atoms with Crippen molar-refractivity contribution in [2.24, 2.45) is 17.6 Å². The van der Waals surface area contributed by atoms with Crippen LogP contribution in [-0.2, 0) is 0 Å². The van der Waals surface area contributed by atoms with Crippen LogP contribution in [0.5, 0.6) is 0 Å². The zero-order valence-corrected chi connectivity index (χ0v) is 9.58. The molecule has 2 fully saturated rings. The van der Waals surface area contributed by atoms with Gasteiger partial charge in [-0.2, -0.15) is 0 Å². The molecule has 2 N–H and O–H groups in total. The molecule has 2 nitrogen and oxygen atoms in total. The first-order chi connectivity index (χ1) is 6.66. The van der Waals surface area contributed by atoms with Gasteiger partial charge < -0.3 is 10.6 Å². The van der Waals surface area contributed by atoms with Gasteiger partial charge in [0.25, 0.3) is 0 Å². The molecular formula is C12H24N2. The summed E-state index contributed by atoms with van der Waals surface area (Å²) in [4.78, 5) is 2.66. The van der Waals surface area contributed by atoms with Gasteiger partial charge in [0.05, 0.1) is 0 Å². The fourth-order valence-electron chi connectivity index (χ4n) is 3.32. The van der Waals surface area contributed by atoms with Crippen molar-refractivity contribution < 1.29 is 0 Å². The predicted molar refractivity (Wildman–Crippen MR) is 60.1 cm³/mol. The van der Waals surface area contributed by atoms with Gasteiger partial charge in [0.15, 0.2) is 0 Å². The first-order valence-corrected chi connectivity index (χ1v) is 6.16. The van der Waals surface area contributed by atoms with E-state index in [4.69, 9.17) is 5.73 Å². The number of fused-ring (bicyclic) bond motifs is 1. The van der Waals surface area contributed by atoms with E-state index in [9.17, 15) is 0 Å². The van der Waals surface area contributed by atoms with Gasteiger partial charge >= 0.3 is 0 Å². The highest BCUT2D eigenvalue weighted by Crippen LogP contribution is 2.38. The van der Waals surface area contributed by atoms with Crippen LogP contribution in [-0.4, -0.2) is 30.1 Å². The highest BCUT2D eigenvalue weighted by molar-refractivity contribution is 4.90. The monoisotopic (exact) mass is 196 g/mol. The molecule has 4 unspecified atom stereocenters. The smallest absolute Gasteiger partial charge is 0.00817 e. The Morgan fingerprint density at radius 2 is 1.79 bits per heavy atom. The minimum absolute atomic E-state index is 0.352. The molecule has 14 heavy (non-hydrogen) atoms. The number of hydrogen-bond acceptors (Lipinski definition) is 2. The van der Waals surface area contributed by atoms with E-state index >= 15 is 0 Å². The van der Waals surface area contributed by atoms with Crippen LogP contribution < -0.4 is 5.73 Å². The van der Waals surface area contributed by atoms with E-state index in [-0.39, 0.29) is 0 Å². The van der Waals surface area contributed by atoms with Crippen molar-refractivity contribution in [2.75, 3.05) is 13.1 Å². The Morgan fingerprint density at radius 1 is 1.21 bits per heavy atom. The summed E-state index contributed by atoms with van der Waals surface area (Å²) in [6.45, 7) is 7.15. The summed E-state index contributed by atoms with van der Waals surface area (Å²) in [6, 6.07) is 1.05. The van der Waals surface area contributed by atoms with Crippen LogP contribution in [0, 0.1) is 11.8 Å². The number of nitrogens with two attached hydrogens (primary N) is 1. The highest BCUT2D eigenvalue weighted by Gasteiger charge is 2.37. The lowest BCUT2D eigenvalue weighted by Crippen LogP contribution is -2.35. The average Bonchev–Trinajstić information content (AvgIpc) is 2.58. The van der Waals surface area contributed by atoms with Crippen molar-refractivity contribution in [1.29, 1.82) is 0 Å². The Hall–Kier alpha value is -0.0800. The molecule has 82 valence electrons. The van der Waals surface area contributed by atoms with E-state index in [1.807, 2.05) is 0 Å². The molecule has 0 aromatic heterocycles. The normalized spacial score (nSPS) is 37.1. The van der Waals surface area contributed by atoms with E-state index in [2.05, 4.69) is 18.7 Å². The quantitative estimate of drug-likeness (QED) is 0.746. The Morgan fingerprint density at radius 3 is 2.29 bits per heavy atom. The Labute approximate surface area is 87.8 Å². The zero-order chi connectivity index (χ0) is 10.1. The van der Waals surface area contributed by atoms with Crippen molar-refractivity contribution in [1.82, 2.24) is 4.90 Å². The Bertz CT molecular complexity index is 179. The maximum Gasteiger partial charge on any atom is 0.00817 e. The minimum atomic E-state index is 0.352. The maximum atomic E-state index is 5.85. The summed E-state index contributed by atoms with van der Waals surface area (Å²) in [5.41, 5.74) is 5.85. The van der Waals surface area contributed by atoms with Crippen molar-refractivity contribution in [3.63, 3.8) is 0 Å². The van der Waals surface area contributed by atoms with E-state index in [0.717, 1.165) is 18.3 Å². The third-order valence-corrected chi connectivity index (χ3v) is 4.09. The fourth-order valence-corrected chi connectivity index (χ4v) is 3.32. The predicted octanol–water partition coefficient (Wildman–Crippen LogP) is 1.84. The van der Waals surface area contributed by atoms with E-state index in [1.54, 1.807) is 0 Å². The molecule has 0 aromatic rings. The second-order valence-corrected chi connectivity index (χ2v) is 5.47. The SMILES string of the molecule is CC(N)CC(C)N1CC2CCCC2C1. The summed E-state index contributed by atoms with van der Waals surface area (Å²) in [5, 5.41) is 0. The Balaban J connectivity index is 1.83. The number of rotatable bonds is 3. The van der Waals surface area contributed by atoms with Crippen LogP contribution in [0.4, 0.5) is 0 Å². The van der Waals surface area contributed by atoms with E-state index in [0.29, 0.717) is 12.1 Å². The largest absolute Gasteiger partial charge is 0.328 e. The lowest BCUT2D eigenvalue weighted by atomic mass is 10.0. The van der Waals surface area contributed by atoms with Gasteiger partial charge in [-0.3, -0.25) is 0 Å². The summed E-state index contributed by atoms with van der Waals surface area (Å²) >= 11 is 0. The van der Waals surface area contributed by atoms with Gasteiger partial charge in [0.1, 0.15) is 0 Å². The molecule has 1 aliphatic carbocycles. The summed E-state index contributed by atoms with van der Waals surface area (Å²) < 4.78 is 0. The van der Waals surface area contributed by atoms with Crippen molar-refractivity contribution in [2.45, 2.75) is 51.6 Å². The van der Waals surface area contributed by atoms with Crippen molar-refractivity contribution in [3.8, 4) is 0 Å². The summed E-state index contributed by atoms with van der Waals surface area (Å²) in [5.74, 6) is 2.04. The molecule has 1 aliphatic heterocycles. The first kappa shape index (κ1) is 10.4. The molecule has 2 aliphatic rings. The standard InChI is InChI=1S/C12H24N2/c1-9(13)6-10(2)14-7-11-4-3-5-12(11)8-14/h9-12H,3-8,13H2,1-2H3. The molecule has 1 saturated carbocycles. The third-order valence-electron chi connectivity index (χ3n) is 4.09. The molecule has 2 heteroatoms. The molecule has 0 radical (unpaired) electrons. The average molecular weight is 196 g/mol. The molecule has 1 heterocycles. The van der Waals surface area contributed by atoms with Gasteiger partial charge in [-0.1, -0.05) is 6.42 Å². The van der Waals surface area contributed by atoms with Crippen LogP contribution >= 0.6 is 0 Å². The Kier molecular flexibility index (Phi) is 3.13. The van der Waals surface area contributed by atoms with Crippen molar-refractivity contribution >= 4 is 0 Å². The molecule has 0 aromatic carbocycles. The summed E-state index contributed by atoms with van der Waals surface area (Å²) in [6.07, 6.45) is 5.59. The van der Waals surface area contributed by atoms with Gasteiger partial charge in [-0.25, -0.2) is 0 Å². The summed E-state index contributed by atoms with van der Waals surface area (Å²) in [7, 11) is 0. The highest BCUT2D eigenvalue weighted by atomic mass is 15.2. The van der Waals surface area contributed by atoms with Crippen LogP contribution in [0.1, 0.15) is 39.5 Å². The second kappa shape index (κ2) is 4.19. The molecular weight excluding hydrogens is 172 g/mol. The zero-order valence-electron chi connectivity index (χ0n) is 9.58. The lowest BCUT2D eigenvalue weighted by Gasteiger charge is -2.26. The molecule has 1 saturated heterocycles. The number of nitrogens with zero attached hydrogens (tertiary/aromatic N) is 1. The molecule has 2 rings (SSSR count). The number of hydrogen-bond donors (Lipinski definition) is 1. The number of likely N-dealkylation sites (tertiary alicyclic amines) is 1. The van der Waals surface area contributed by atoms with Crippen molar-refractivity contribution in [3.05, 3.63) is 0 Å². The van der Waals surface area contributed by atoms with Gasteiger partial charge in [0, 0.05) is 25.2 Å². The maximum absolute atomic E-state index is 5.85. The van der Waals surface area contributed by atoms with Gasteiger partial charge in [-0.15, -0.1) is 0 Å². The molecule has 4 atom stereocenters. The molecule has 0 amide bonds. The first-order valence-electron chi connectivity index (χ1n) is 6.16. The van der Waals surface area contributed by atoms with Crippen LogP contribution in [0.3, 0.4) is 0 Å². The second-order valence-electron chi connectivity index (χ2n) is 5.47. The van der Waals surface area contributed by atoms with E-state index < -0.39 is 0 Å². The van der Waals surface area contributed by atoms with Crippen LogP contribution in [0.15, 0.2) is 0 Å².